The average molecular weight is 584 g/mol. The second kappa shape index (κ2) is 13.7. The van der Waals surface area contributed by atoms with Gasteiger partial charge in [-0.25, -0.2) is 8.91 Å². The fraction of sp³-hybridized carbons (Fsp3) is 0.464. The van der Waals surface area contributed by atoms with E-state index in [9.17, 15) is 9.50 Å². The van der Waals surface area contributed by atoms with E-state index < -0.39 is 18.5 Å². The number of piperazine rings is 1. The second-order valence-corrected chi connectivity index (χ2v) is 10.1. The van der Waals surface area contributed by atoms with Gasteiger partial charge in [0.2, 0.25) is 0 Å². The minimum atomic E-state index is -0.870. The summed E-state index contributed by atoms with van der Waals surface area (Å²) in [4.78, 5) is 13.1. The number of hydrazone groups is 1. The number of halogens is 2. The van der Waals surface area contributed by atoms with Crippen LogP contribution in [0.2, 0.25) is 5.02 Å². The fourth-order valence-electron chi connectivity index (χ4n) is 5.05. The molecule has 1 saturated heterocycles. The van der Waals surface area contributed by atoms with E-state index in [2.05, 4.69) is 26.3 Å². The van der Waals surface area contributed by atoms with Gasteiger partial charge in [-0.3, -0.25) is 14.9 Å². The number of pyridine rings is 2. The quantitative estimate of drug-likeness (QED) is 0.178. The highest BCUT2D eigenvalue weighted by Gasteiger charge is 2.35. The Bertz CT molecular complexity index is 1420. The third-order valence-corrected chi connectivity index (χ3v) is 7.51. The van der Waals surface area contributed by atoms with E-state index in [1.54, 1.807) is 21.7 Å². The average Bonchev–Trinajstić information content (AvgIpc) is 3.36. The lowest BCUT2D eigenvalue weighted by molar-refractivity contribution is 0.0709. The molecule has 3 N–H and O–H groups in total. The summed E-state index contributed by atoms with van der Waals surface area (Å²) >= 11 is 6.40. The number of aliphatic imine (C=N–C) groups is 1. The van der Waals surface area contributed by atoms with E-state index in [0.29, 0.717) is 45.0 Å². The summed E-state index contributed by atoms with van der Waals surface area (Å²) in [5.74, 6) is 5.67. The molecule has 41 heavy (non-hydrogen) atoms. The highest BCUT2D eigenvalue weighted by molar-refractivity contribution is 6.47. The summed E-state index contributed by atoms with van der Waals surface area (Å²) in [6, 6.07) is 5.04. The van der Waals surface area contributed by atoms with E-state index in [-0.39, 0.29) is 6.04 Å². The van der Waals surface area contributed by atoms with Crippen LogP contribution in [0.1, 0.15) is 51.0 Å². The molecule has 0 bridgehead atoms. The molecule has 1 aliphatic heterocycles. The minimum Gasteiger partial charge on any atom is -0.479 e. The molecule has 1 saturated carbocycles. The molecule has 3 aromatic heterocycles. The van der Waals surface area contributed by atoms with Crippen molar-refractivity contribution in [1.29, 1.82) is 5.26 Å². The lowest BCUT2D eigenvalue weighted by atomic mass is 9.85. The van der Waals surface area contributed by atoms with Gasteiger partial charge in [0.05, 0.1) is 41.5 Å². The molecule has 1 atom stereocenters. The van der Waals surface area contributed by atoms with E-state index in [0.717, 1.165) is 45.2 Å². The molecule has 0 aromatic carbocycles. The van der Waals surface area contributed by atoms with Crippen molar-refractivity contribution in [3.63, 3.8) is 0 Å². The molecular weight excluding hydrogens is 549 g/mol. The number of nitriles is 1. The summed E-state index contributed by atoms with van der Waals surface area (Å²) in [5.41, 5.74) is 2.60. The van der Waals surface area contributed by atoms with Crippen LogP contribution in [0, 0.1) is 17.3 Å². The van der Waals surface area contributed by atoms with Gasteiger partial charge in [-0.05, 0) is 38.0 Å². The summed E-state index contributed by atoms with van der Waals surface area (Å²) in [6.07, 6.45) is 7.51. The Morgan fingerprint density at radius 1 is 1.27 bits per heavy atom. The first kappa shape index (κ1) is 30.2. The molecule has 1 unspecified atom stereocenters. The zero-order chi connectivity index (χ0) is 29.5. The topological polar surface area (TPSA) is 141 Å². The Kier molecular flexibility index (Phi) is 10.1. The molecule has 2 aliphatic rings. The van der Waals surface area contributed by atoms with Gasteiger partial charge >= 0.3 is 0 Å². The number of rotatable bonds is 8. The van der Waals surface area contributed by atoms with E-state index in [1.807, 2.05) is 20.8 Å². The molecule has 11 nitrogen and oxygen atoms in total. The van der Waals surface area contributed by atoms with E-state index in [4.69, 9.17) is 32.4 Å². The first-order valence-electron chi connectivity index (χ1n) is 13.7. The highest BCUT2D eigenvalue weighted by Crippen LogP contribution is 2.33. The smallest absolute Gasteiger partial charge is 0.179 e. The molecular formula is C28H35ClFN9O2. The van der Waals surface area contributed by atoms with E-state index in [1.165, 1.54) is 18.3 Å². The number of nitrogens with two attached hydrogens (primary N) is 1. The van der Waals surface area contributed by atoms with Crippen LogP contribution in [-0.2, 0) is 0 Å². The predicted molar refractivity (Wildman–Crippen MR) is 156 cm³/mol. The Labute approximate surface area is 243 Å². The van der Waals surface area contributed by atoms with Crippen LogP contribution in [0.25, 0.3) is 5.52 Å². The molecule has 4 heterocycles. The molecule has 3 aromatic rings. The van der Waals surface area contributed by atoms with Crippen molar-refractivity contribution in [2.75, 3.05) is 32.8 Å². The molecule has 0 spiro atoms. The summed E-state index contributed by atoms with van der Waals surface area (Å²) in [6.45, 7) is 8.78. The SMILES string of the molecule is CC.CC(=NC1CC(N2CCN(C#N)CC2)C1)/C(=N\N)c1cc(OC(CO)c2ccc(F)cn2)c2c(Cl)cnn2c1. The number of aliphatic hydroxyl groups is 1. The van der Waals surface area contributed by atoms with Crippen molar-refractivity contribution in [2.45, 2.75) is 51.8 Å². The molecule has 13 heteroatoms. The highest BCUT2D eigenvalue weighted by atomic mass is 35.5. The van der Waals surface area contributed by atoms with Gasteiger partial charge in [0, 0.05) is 44.0 Å². The zero-order valence-electron chi connectivity index (χ0n) is 23.4. The van der Waals surface area contributed by atoms with Crippen molar-refractivity contribution >= 4 is 28.5 Å². The van der Waals surface area contributed by atoms with Crippen LogP contribution >= 0.6 is 11.6 Å². The number of aromatic nitrogens is 3. The number of nitrogens with zero attached hydrogens (tertiary/aromatic N) is 8. The largest absolute Gasteiger partial charge is 0.479 e. The molecule has 1 aliphatic carbocycles. The van der Waals surface area contributed by atoms with Crippen LogP contribution in [0.3, 0.4) is 0 Å². The Balaban J connectivity index is 0.00000189. The summed E-state index contributed by atoms with van der Waals surface area (Å²) in [5, 5.41) is 27.7. The Morgan fingerprint density at radius 3 is 2.61 bits per heavy atom. The van der Waals surface area contributed by atoms with Gasteiger partial charge in [-0.2, -0.15) is 15.5 Å². The lowest BCUT2D eigenvalue weighted by Crippen LogP contribution is -2.54. The standard InChI is InChI=1S/C26H29ClFN9O2.C2H6/c1-16(33-19-9-20(10-19)36-6-4-35(15-29)5-7-36)25(34-30)17-8-23(26-21(27)12-32-37(26)13-17)39-24(14-38)22-3-2-18(28)11-31-22;1-2/h2-3,8,11-13,19-20,24,38H,4-7,9-10,14,30H2,1H3;1-2H3/b33-16?,34-25+;. The molecule has 2 fully saturated rings. The molecule has 5 rings (SSSR count). The van der Waals surface area contributed by atoms with Crippen molar-refractivity contribution in [3.05, 3.63) is 58.9 Å². The Hall–Kier alpha value is -3.79. The number of hydrogen-bond acceptors (Lipinski definition) is 10. The van der Waals surface area contributed by atoms with Gasteiger partial charge in [0.1, 0.15) is 22.8 Å². The van der Waals surface area contributed by atoms with Gasteiger partial charge < -0.3 is 20.6 Å². The first-order valence-corrected chi connectivity index (χ1v) is 14.1. The van der Waals surface area contributed by atoms with Gasteiger partial charge in [0.25, 0.3) is 0 Å². The van der Waals surface area contributed by atoms with Crippen LogP contribution in [0.4, 0.5) is 4.39 Å². The lowest BCUT2D eigenvalue weighted by Gasteiger charge is -2.44. The Morgan fingerprint density at radius 2 is 2.00 bits per heavy atom. The zero-order valence-corrected chi connectivity index (χ0v) is 24.2. The van der Waals surface area contributed by atoms with Crippen LogP contribution < -0.4 is 10.6 Å². The van der Waals surface area contributed by atoms with Crippen molar-refractivity contribution < 1.29 is 14.2 Å². The maximum atomic E-state index is 13.4. The minimum absolute atomic E-state index is 0.155. The third kappa shape index (κ3) is 6.75. The van der Waals surface area contributed by atoms with Gasteiger partial charge in [0.15, 0.2) is 12.3 Å². The van der Waals surface area contributed by atoms with Crippen LogP contribution in [0.5, 0.6) is 5.75 Å². The van der Waals surface area contributed by atoms with Gasteiger partial charge in [-0.15, -0.1) is 0 Å². The molecule has 218 valence electrons. The van der Waals surface area contributed by atoms with E-state index >= 15 is 0 Å². The summed E-state index contributed by atoms with van der Waals surface area (Å²) in [7, 11) is 0. The maximum absolute atomic E-state index is 13.4. The maximum Gasteiger partial charge on any atom is 0.179 e. The number of hydrogen-bond donors (Lipinski definition) is 2. The number of fused-ring (bicyclic) bond motifs is 1. The first-order chi connectivity index (χ1) is 19.9. The van der Waals surface area contributed by atoms with Gasteiger partial charge in [-0.1, -0.05) is 25.4 Å². The number of aliphatic hydroxyl groups excluding tert-OH is 1. The predicted octanol–water partition coefficient (Wildman–Crippen LogP) is 3.41. The van der Waals surface area contributed by atoms with Crippen LogP contribution in [-0.4, -0.2) is 85.8 Å². The van der Waals surface area contributed by atoms with Crippen LogP contribution in [0.15, 0.2) is 46.9 Å². The number of ether oxygens (including phenoxy) is 1. The molecule has 0 amide bonds. The summed E-state index contributed by atoms with van der Waals surface area (Å²) < 4.78 is 21.1. The van der Waals surface area contributed by atoms with Crippen molar-refractivity contribution in [1.82, 2.24) is 24.4 Å². The molecule has 0 radical (unpaired) electrons. The monoisotopic (exact) mass is 583 g/mol. The van der Waals surface area contributed by atoms with Crippen molar-refractivity contribution in [2.24, 2.45) is 15.9 Å². The normalized spacial score (nSPS) is 20.6. The fourth-order valence-corrected chi connectivity index (χ4v) is 5.27. The second-order valence-electron chi connectivity index (χ2n) is 9.66. The third-order valence-electron chi connectivity index (χ3n) is 7.23. The van der Waals surface area contributed by atoms with Crippen molar-refractivity contribution in [3.8, 4) is 11.9 Å².